The van der Waals surface area contributed by atoms with E-state index in [2.05, 4.69) is 5.32 Å². The minimum Gasteiger partial charge on any atom is -0.479 e. The number of amides is 1. The smallest absolute Gasteiger partial charge is 0.408 e. The minimum absolute atomic E-state index is 0.664. The maximum absolute atomic E-state index is 12.4. The summed E-state index contributed by atoms with van der Waals surface area (Å²) in [7, 11) is -2.21. The Morgan fingerprint density at radius 2 is 1.59 bits per heavy atom. The Balaban J connectivity index is 3.24. The summed E-state index contributed by atoms with van der Waals surface area (Å²) in [5.74, 6) is -1.09. The Morgan fingerprint density at radius 1 is 1.07 bits per heavy atom. The predicted molar refractivity (Wildman–Crippen MR) is 108 cm³/mol. The van der Waals surface area contributed by atoms with Crippen molar-refractivity contribution in [2.75, 3.05) is 0 Å². The van der Waals surface area contributed by atoms with Crippen molar-refractivity contribution in [3.05, 3.63) is 35.9 Å². The third-order valence-corrected chi connectivity index (χ3v) is 9.31. The Morgan fingerprint density at radius 3 is 2.00 bits per heavy atom. The van der Waals surface area contributed by atoms with Crippen LogP contribution in [-0.2, 0) is 14.0 Å². The van der Waals surface area contributed by atoms with Crippen molar-refractivity contribution in [1.29, 1.82) is 0 Å². The normalized spacial score (nSPS) is 14.3. The number of carbonyl (C=O) groups excluding carboxylic acids is 1. The molecule has 0 aliphatic rings. The molecule has 1 aromatic carbocycles. The summed E-state index contributed by atoms with van der Waals surface area (Å²) in [5.41, 5.74) is -0.0124. The van der Waals surface area contributed by atoms with Crippen molar-refractivity contribution in [1.82, 2.24) is 5.32 Å². The van der Waals surface area contributed by atoms with E-state index in [1.54, 1.807) is 32.9 Å². The molecule has 0 fully saturated rings. The molecule has 0 aliphatic heterocycles. The van der Waals surface area contributed by atoms with Crippen molar-refractivity contribution in [2.24, 2.45) is 0 Å². The van der Waals surface area contributed by atoms with E-state index >= 15 is 0 Å². The van der Waals surface area contributed by atoms with E-state index in [1.165, 1.54) is 0 Å². The first-order chi connectivity index (χ1) is 12.6. The van der Waals surface area contributed by atoms with Crippen molar-refractivity contribution >= 4 is 20.4 Å². The van der Waals surface area contributed by atoms with E-state index < -0.39 is 38.1 Å². The molecule has 1 amide bonds. The number of rotatable bonds is 9. The zero-order chi connectivity index (χ0) is 20.7. The van der Waals surface area contributed by atoms with E-state index in [4.69, 9.17) is 9.16 Å². The molecule has 0 bridgehead atoms. The van der Waals surface area contributed by atoms with Crippen molar-refractivity contribution in [3.63, 3.8) is 0 Å². The average molecular weight is 396 g/mol. The zero-order valence-corrected chi connectivity index (χ0v) is 18.2. The number of ether oxygens (including phenoxy) is 1. The third kappa shape index (κ3) is 6.99. The van der Waals surface area contributed by atoms with E-state index in [1.807, 2.05) is 39.0 Å². The highest BCUT2D eigenvalue weighted by molar-refractivity contribution is 6.73. The monoisotopic (exact) mass is 395 g/mol. The number of carboxylic acid groups (broad SMARTS) is 1. The standard InChI is InChI=1S/C20H33NO5Si/c1-7-27(8-2,9-3)26-17(18(22)23)16(15-13-11-10-12-14-15)21-19(24)25-20(4,5)6/h10-14,16-17H,7-9H2,1-6H3,(H,21,24)(H,22,23). The fourth-order valence-electron chi connectivity index (χ4n) is 2.96. The van der Waals surface area contributed by atoms with Gasteiger partial charge in [-0.15, -0.1) is 0 Å². The molecule has 7 heteroatoms. The van der Waals surface area contributed by atoms with Crippen LogP contribution in [0.5, 0.6) is 0 Å². The highest BCUT2D eigenvalue weighted by Gasteiger charge is 2.40. The maximum Gasteiger partial charge on any atom is 0.408 e. The zero-order valence-electron chi connectivity index (χ0n) is 17.2. The first-order valence-electron chi connectivity index (χ1n) is 9.52. The van der Waals surface area contributed by atoms with Gasteiger partial charge in [-0.25, -0.2) is 9.59 Å². The van der Waals surface area contributed by atoms with Gasteiger partial charge < -0.3 is 19.6 Å². The molecule has 0 saturated carbocycles. The molecule has 0 spiro atoms. The van der Waals surface area contributed by atoms with Crippen LogP contribution in [0.1, 0.15) is 53.1 Å². The minimum atomic E-state index is -2.21. The molecule has 0 aliphatic carbocycles. The summed E-state index contributed by atoms with van der Waals surface area (Å²) in [6, 6.07) is 10.6. The topological polar surface area (TPSA) is 84.9 Å². The van der Waals surface area contributed by atoms with Gasteiger partial charge in [0, 0.05) is 0 Å². The Hall–Kier alpha value is -1.86. The first kappa shape index (κ1) is 23.2. The maximum atomic E-state index is 12.4. The highest BCUT2D eigenvalue weighted by Crippen LogP contribution is 2.29. The number of benzene rings is 1. The van der Waals surface area contributed by atoms with Crippen LogP contribution in [0.25, 0.3) is 0 Å². The van der Waals surface area contributed by atoms with Crippen LogP contribution in [-0.4, -0.2) is 37.2 Å². The van der Waals surface area contributed by atoms with Crippen molar-refractivity contribution in [2.45, 2.75) is 77.4 Å². The lowest BCUT2D eigenvalue weighted by Crippen LogP contribution is -2.50. The summed E-state index contributed by atoms with van der Waals surface area (Å²) in [5, 5.41) is 12.6. The van der Waals surface area contributed by atoms with Gasteiger partial charge in [0.15, 0.2) is 14.4 Å². The fourth-order valence-corrected chi connectivity index (χ4v) is 5.73. The second kappa shape index (κ2) is 9.89. The number of hydrogen-bond donors (Lipinski definition) is 2. The molecule has 2 atom stereocenters. The van der Waals surface area contributed by atoms with E-state index in [0.29, 0.717) is 5.56 Å². The molecule has 0 radical (unpaired) electrons. The molecule has 6 nitrogen and oxygen atoms in total. The van der Waals surface area contributed by atoms with Gasteiger partial charge in [0.2, 0.25) is 0 Å². The molecule has 27 heavy (non-hydrogen) atoms. The lowest BCUT2D eigenvalue weighted by atomic mass is 10.0. The average Bonchev–Trinajstić information content (AvgIpc) is 2.61. The van der Waals surface area contributed by atoms with Crippen LogP contribution in [0.4, 0.5) is 4.79 Å². The Kier molecular flexibility index (Phi) is 8.49. The van der Waals surface area contributed by atoms with Crippen LogP contribution in [0, 0.1) is 0 Å². The molecule has 2 N–H and O–H groups in total. The van der Waals surface area contributed by atoms with Crippen LogP contribution < -0.4 is 5.32 Å². The summed E-state index contributed by atoms with van der Waals surface area (Å²) in [6.07, 6.45) is -1.84. The van der Waals surface area contributed by atoms with E-state index in [-0.39, 0.29) is 0 Å². The summed E-state index contributed by atoms with van der Waals surface area (Å²) >= 11 is 0. The molecule has 0 aromatic heterocycles. The van der Waals surface area contributed by atoms with Crippen LogP contribution in [0.15, 0.2) is 30.3 Å². The predicted octanol–water partition coefficient (Wildman–Crippen LogP) is 4.73. The number of carbonyl (C=O) groups is 2. The highest BCUT2D eigenvalue weighted by atomic mass is 28.4. The van der Waals surface area contributed by atoms with Crippen LogP contribution >= 0.6 is 0 Å². The van der Waals surface area contributed by atoms with Gasteiger partial charge in [0.05, 0.1) is 6.04 Å². The fraction of sp³-hybridized carbons (Fsp3) is 0.600. The number of aliphatic carboxylic acids is 1. The third-order valence-electron chi connectivity index (χ3n) is 4.69. The van der Waals surface area contributed by atoms with Gasteiger partial charge in [-0.2, -0.15) is 0 Å². The van der Waals surface area contributed by atoms with Crippen LogP contribution in [0.3, 0.4) is 0 Å². The SMILES string of the molecule is CC[Si](CC)(CC)OC(C(=O)O)C(NC(=O)OC(C)(C)C)c1ccccc1. The molecule has 1 aromatic rings. The van der Waals surface area contributed by atoms with Crippen molar-refractivity contribution in [3.8, 4) is 0 Å². The van der Waals surface area contributed by atoms with Gasteiger partial charge in [-0.05, 0) is 44.5 Å². The molecule has 1 rings (SSSR count). The number of hydrogen-bond acceptors (Lipinski definition) is 4. The van der Waals surface area contributed by atoms with E-state index in [0.717, 1.165) is 18.1 Å². The quantitative estimate of drug-likeness (QED) is 0.591. The molecular weight excluding hydrogens is 362 g/mol. The summed E-state index contributed by atoms with van der Waals surface area (Å²) < 4.78 is 11.6. The molecule has 2 unspecified atom stereocenters. The van der Waals surface area contributed by atoms with Gasteiger partial charge in [0.1, 0.15) is 5.60 Å². The van der Waals surface area contributed by atoms with Gasteiger partial charge in [-0.1, -0.05) is 51.1 Å². The van der Waals surface area contributed by atoms with Gasteiger partial charge in [-0.3, -0.25) is 0 Å². The second-order valence-electron chi connectivity index (χ2n) is 7.65. The Labute approximate surface area is 163 Å². The first-order valence-corrected chi connectivity index (χ1v) is 12.1. The summed E-state index contributed by atoms with van der Waals surface area (Å²) in [4.78, 5) is 24.5. The van der Waals surface area contributed by atoms with Crippen molar-refractivity contribution < 1.29 is 23.9 Å². The van der Waals surface area contributed by atoms with Gasteiger partial charge in [0.25, 0.3) is 0 Å². The Bertz CT molecular complexity index is 602. The number of carboxylic acids is 1. The second-order valence-corrected chi connectivity index (χ2v) is 12.4. The van der Waals surface area contributed by atoms with E-state index in [9.17, 15) is 14.7 Å². The molecule has 152 valence electrons. The summed E-state index contributed by atoms with van der Waals surface area (Å²) in [6.45, 7) is 11.4. The molecular formula is C20H33NO5Si. The lowest BCUT2D eigenvalue weighted by molar-refractivity contribution is -0.147. The van der Waals surface area contributed by atoms with Crippen LogP contribution in [0.2, 0.25) is 18.1 Å². The molecule has 0 saturated heterocycles. The lowest BCUT2D eigenvalue weighted by Gasteiger charge is -2.35. The number of alkyl carbamates (subject to hydrolysis) is 1. The van der Waals surface area contributed by atoms with Gasteiger partial charge >= 0.3 is 12.1 Å². The molecule has 0 heterocycles. The number of nitrogens with one attached hydrogen (secondary N) is 1. The largest absolute Gasteiger partial charge is 0.479 e.